The summed E-state index contributed by atoms with van der Waals surface area (Å²) in [4.78, 5) is 22.2. The van der Waals surface area contributed by atoms with E-state index in [0.717, 1.165) is 25.7 Å². The van der Waals surface area contributed by atoms with Gasteiger partial charge in [0.25, 0.3) is 0 Å². The second-order valence-electron chi connectivity index (χ2n) is 10.9. The van der Waals surface area contributed by atoms with Crippen LogP contribution in [0.5, 0.6) is 0 Å². The Kier molecular flexibility index (Phi) is 31.0. The van der Waals surface area contributed by atoms with Gasteiger partial charge in [0.05, 0.1) is 19.5 Å². The third-order valence-electron chi connectivity index (χ3n) is 6.68. The summed E-state index contributed by atoms with van der Waals surface area (Å²) in [5, 5.41) is 0. The highest BCUT2D eigenvalue weighted by molar-refractivity contribution is 7.47. The molecule has 44 heavy (non-hydrogen) atoms. The molecule has 0 aliphatic heterocycles. The Labute approximate surface area is 268 Å². The molecule has 3 N–H and O–H groups in total. The van der Waals surface area contributed by atoms with Gasteiger partial charge in [0.2, 0.25) is 0 Å². The van der Waals surface area contributed by atoms with Gasteiger partial charge < -0.3 is 20.1 Å². The van der Waals surface area contributed by atoms with Gasteiger partial charge in [-0.05, 0) is 18.9 Å². The summed E-state index contributed by atoms with van der Waals surface area (Å²) < 4.78 is 32.7. The number of phosphoric ester groups is 1. The minimum Gasteiger partial charge on any atom is -0.497 e. The van der Waals surface area contributed by atoms with Crippen molar-refractivity contribution in [1.29, 1.82) is 0 Å². The average molecular weight is 640 g/mol. The zero-order chi connectivity index (χ0) is 32.4. The molecule has 0 rings (SSSR count). The van der Waals surface area contributed by atoms with Crippen molar-refractivity contribution in [2.24, 2.45) is 5.73 Å². The first kappa shape index (κ1) is 42.0. The van der Waals surface area contributed by atoms with Gasteiger partial charge in [-0.25, -0.2) is 4.57 Å². The summed E-state index contributed by atoms with van der Waals surface area (Å²) in [6, 6.07) is 0. The standard InChI is InChI=1S/C35H62NO7P/c1-3-5-7-9-11-13-15-16-17-18-19-20-22-24-26-28-35(37)43-34(33-42-44(38,39)41-31-29-36)32-40-30-27-25-23-21-14-12-10-8-6-4-2/h6,8,10,12,14,21,23,25,27,30,34H,3-5,7,9,11,13,15-20,22,24,26,28-29,31-33,36H2,1-2H3,(H,38,39)/b8-6+,12-10+,21-14+,25-23+,30-27+/t34-/m1/s1. The molecule has 254 valence electrons. The van der Waals surface area contributed by atoms with E-state index in [0.29, 0.717) is 0 Å². The molecule has 0 aliphatic carbocycles. The zero-order valence-corrected chi connectivity index (χ0v) is 28.5. The number of allylic oxidation sites excluding steroid dienone is 9. The molecule has 0 amide bonds. The second kappa shape index (κ2) is 32.4. The maximum atomic E-state index is 12.4. The van der Waals surface area contributed by atoms with Gasteiger partial charge in [0.1, 0.15) is 6.61 Å². The predicted octanol–water partition coefficient (Wildman–Crippen LogP) is 9.42. The molecule has 0 fully saturated rings. The van der Waals surface area contributed by atoms with Crippen molar-refractivity contribution in [3.63, 3.8) is 0 Å². The van der Waals surface area contributed by atoms with Gasteiger partial charge in [-0.15, -0.1) is 0 Å². The summed E-state index contributed by atoms with van der Waals surface area (Å²) >= 11 is 0. The number of hydrogen-bond acceptors (Lipinski definition) is 7. The van der Waals surface area contributed by atoms with Crippen LogP contribution in [0, 0.1) is 0 Å². The van der Waals surface area contributed by atoms with Crippen LogP contribution in [-0.4, -0.2) is 43.3 Å². The van der Waals surface area contributed by atoms with Gasteiger partial charge in [-0.3, -0.25) is 13.8 Å². The van der Waals surface area contributed by atoms with Gasteiger partial charge in [-0.1, -0.05) is 152 Å². The van der Waals surface area contributed by atoms with Crippen molar-refractivity contribution in [1.82, 2.24) is 0 Å². The maximum absolute atomic E-state index is 12.4. The maximum Gasteiger partial charge on any atom is 0.472 e. The van der Waals surface area contributed by atoms with E-state index in [1.165, 1.54) is 83.3 Å². The SMILES string of the molecule is CC/C=C/C=C/C=C/C=C/C=C/OC[C@H](COP(=O)(O)OCCN)OC(=O)CCCCCCCCCCCCCCCCC. The smallest absolute Gasteiger partial charge is 0.472 e. The van der Waals surface area contributed by atoms with Crippen LogP contribution in [-0.2, 0) is 27.9 Å². The number of hydrogen-bond donors (Lipinski definition) is 2. The molecule has 0 bridgehead atoms. The molecule has 0 aromatic heterocycles. The minimum absolute atomic E-state index is 0.0336. The zero-order valence-electron chi connectivity index (χ0n) is 27.6. The third-order valence-corrected chi connectivity index (χ3v) is 7.67. The first-order valence-corrected chi connectivity index (χ1v) is 18.4. The Bertz CT molecular complexity index is 854. The molecule has 0 aromatic carbocycles. The number of carbonyl (C=O) groups is 1. The Hall–Kier alpha value is -1.96. The Balaban J connectivity index is 4.28. The quantitative estimate of drug-likeness (QED) is 0.0253. The van der Waals surface area contributed by atoms with Crippen LogP contribution in [0.15, 0.2) is 60.9 Å². The average Bonchev–Trinajstić information content (AvgIpc) is 3.01. The number of esters is 1. The van der Waals surface area contributed by atoms with E-state index in [1.54, 1.807) is 12.2 Å². The van der Waals surface area contributed by atoms with E-state index in [4.69, 9.17) is 24.3 Å². The van der Waals surface area contributed by atoms with Crippen LogP contribution >= 0.6 is 7.82 Å². The highest BCUT2D eigenvalue weighted by Gasteiger charge is 2.25. The lowest BCUT2D eigenvalue weighted by Gasteiger charge is -2.19. The Morgan fingerprint density at radius 3 is 1.73 bits per heavy atom. The molecule has 0 aromatic rings. The first-order valence-electron chi connectivity index (χ1n) is 16.9. The molecule has 0 saturated heterocycles. The van der Waals surface area contributed by atoms with Gasteiger partial charge in [0.15, 0.2) is 6.10 Å². The Morgan fingerprint density at radius 2 is 1.20 bits per heavy atom. The summed E-state index contributed by atoms with van der Waals surface area (Å²) in [6.45, 7) is 3.93. The fraction of sp³-hybridized carbons (Fsp3) is 0.686. The van der Waals surface area contributed by atoms with Gasteiger partial charge in [0, 0.05) is 13.0 Å². The van der Waals surface area contributed by atoms with Crippen LogP contribution in [0.3, 0.4) is 0 Å². The molecule has 0 aliphatic rings. The van der Waals surface area contributed by atoms with E-state index in [9.17, 15) is 14.3 Å². The van der Waals surface area contributed by atoms with Crippen LogP contribution in [0.4, 0.5) is 0 Å². The van der Waals surface area contributed by atoms with E-state index in [1.807, 2.05) is 36.5 Å². The van der Waals surface area contributed by atoms with E-state index < -0.39 is 13.9 Å². The molecule has 0 heterocycles. The third kappa shape index (κ3) is 31.5. The lowest BCUT2D eigenvalue weighted by molar-refractivity contribution is -0.153. The fourth-order valence-electron chi connectivity index (χ4n) is 4.25. The van der Waals surface area contributed by atoms with Crippen molar-refractivity contribution in [3.8, 4) is 0 Å². The van der Waals surface area contributed by atoms with Crippen LogP contribution in [0.25, 0.3) is 0 Å². The molecule has 0 spiro atoms. The van der Waals surface area contributed by atoms with Gasteiger partial charge >= 0.3 is 13.8 Å². The number of carbonyl (C=O) groups excluding carboxylic acids is 1. The van der Waals surface area contributed by atoms with Crippen molar-refractivity contribution in [3.05, 3.63) is 60.9 Å². The number of phosphoric acid groups is 1. The van der Waals surface area contributed by atoms with Crippen LogP contribution < -0.4 is 5.73 Å². The molecule has 9 heteroatoms. The van der Waals surface area contributed by atoms with Crippen molar-refractivity contribution < 1.29 is 32.8 Å². The topological polar surface area (TPSA) is 117 Å². The second-order valence-corrected chi connectivity index (χ2v) is 12.3. The predicted molar refractivity (Wildman–Crippen MR) is 182 cm³/mol. The molecule has 0 saturated carbocycles. The summed E-state index contributed by atoms with van der Waals surface area (Å²) in [7, 11) is -4.30. The summed E-state index contributed by atoms with van der Waals surface area (Å²) in [5.74, 6) is -0.386. The number of unbranched alkanes of at least 4 members (excludes halogenated alkanes) is 14. The lowest BCUT2D eigenvalue weighted by Crippen LogP contribution is -2.27. The van der Waals surface area contributed by atoms with E-state index in [2.05, 4.69) is 19.9 Å². The van der Waals surface area contributed by atoms with Crippen molar-refractivity contribution in [2.75, 3.05) is 26.4 Å². The number of nitrogens with two attached hydrogens (primary N) is 1. The molecule has 0 radical (unpaired) electrons. The molecular weight excluding hydrogens is 577 g/mol. The molecular formula is C35H62NO7P. The fourth-order valence-corrected chi connectivity index (χ4v) is 5.01. The Morgan fingerprint density at radius 1 is 0.705 bits per heavy atom. The van der Waals surface area contributed by atoms with Gasteiger partial charge in [-0.2, -0.15) is 0 Å². The number of ether oxygens (including phenoxy) is 2. The summed E-state index contributed by atoms with van der Waals surface area (Å²) in [5.41, 5.74) is 5.32. The van der Waals surface area contributed by atoms with Crippen molar-refractivity contribution >= 4 is 13.8 Å². The normalized spacial score (nSPS) is 14.5. The summed E-state index contributed by atoms with van der Waals surface area (Å²) in [6.07, 6.45) is 37.8. The van der Waals surface area contributed by atoms with Crippen molar-refractivity contribution in [2.45, 2.75) is 129 Å². The highest BCUT2D eigenvalue weighted by Crippen LogP contribution is 2.43. The highest BCUT2D eigenvalue weighted by atomic mass is 31.2. The van der Waals surface area contributed by atoms with Crippen LogP contribution in [0.1, 0.15) is 123 Å². The van der Waals surface area contributed by atoms with E-state index in [-0.39, 0.29) is 38.8 Å². The molecule has 1 unspecified atom stereocenters. The lowest BCUT2D eigenvalue weighted by atomic mass is 10.0. The van der Waals surface area contributed by atoms with E-state index >= 15 is 0 Å². The molecule has 8 nitrogen and oxygen atoms in total. The first-order chi connectivity index (χ1) is 21.4. The van der Waals surface area contributed by atoms with Crippen LogP contribution in [0.2, 0.25) is 0 Å². The monoisotopic (exact) mass is 639 g/mol. The number of rotatable bonds is 31. The largest absolute Gasteiger partial charge is 0.497 e. The molecule has 2 atom stereocenters. The minimum atomic E-state index is -4.30.